The number of nitrogens with zero attached hydrogens (tertiary/aromatic N) is 4. The standard InChI is InChI=1S/C19H18N4O2S/c1-13-5-6-17(25-2)16(12-13)23-9-7-14(21-23)19(24)22-10-11-26-18-15(22)4-3-8-20-18/h3-9,12H,10-11H2,1-2H3. The first kappa shape index (κ1) is 16.7. The molecule has 7 heteroatoms. The second-order valence-corrected chi connectivity index (χ2v) is 7.04. The Morgan fingerprint density at radius 1 is 1.23 bits per heavy atom. The SMILES string of the molecule is COc1ccc(C)cc1-n1ccc(C(=O)N2CCSc3ncccc32)n1. The molecule has 2 aromatic heterocycles. The van der Waals surface area contributed by atoms with Gasteiger partial charge >= 0.3 is 0 Å². The van der Waals surface area contributed by atoms with E-state index in [-0.39, 0.29) is 5.91 Å². The number of ether oxygens (including phenoxy) is 1. The molecule has 1 aromatic carbocycles. The molecular weight excluding hydrogens is 348 g/mol. The summed E-state index contributed by atoms with van der Waals surface area (Å²) in [4.78, 5) is 19.1. The molecule has 0 N–H and O–H groups in total. The maximum atomic E-state index is 13.0. The molecule has 3 heterocycles. The van der Waals surface area contributed by atoms with E-state index in [0.717, 1.165) is 27.7 Å². The lowest BCUT2D eigenvalue weighted by Crippen LogP contribution is -2.36. The third-order valence-corrected chi connectivity index (χ3v) is 5.20. The fourth-order valence-corrected chi connectivity index (χ4v) is 3.88. The number of anilines is 1. The van der Waals surface area contributed by atoms with E-state index in [4.69, 9.17) is 4.74 Å². The Balaban J connectivity index is 1.67. The first-order valence-corrected chi connectivity index (χ1v) is 9.26. The van der Waals surface area contributed by atoms with E-state index in [1.54, 1.807) is 46.9 Å². The predicted molar refractivity (Wildman–Crippen MR) is 101 cm³/mol. The monoisotopic (exact) mass is 366 g/mol. The number of aromatic nitrogens is 3. The fourth-order valence-electron chi connectivity index (χ4n) is 2.95. The Hall–Kier alpha value is -2.80. The summed E-state index contributed by atoms with van der Waals surface area (Å²) >= 11 is 1.67. The highest BCUT2D eigenvalue weighted by Gasteiger charge is 2.26. The number of fused-ring (bicyclic) bond motifs is 1. The van der Waals surface area contributed by atoms with E-state index in [1.165, 1.54) is 0 Å². The zero-order chi connectivity index (χ0) is 18.1. The Bertz CT molecular complexity index is 970. The van der Waals surface area contributed by atoms with Crippen LogP contribution in [0.15, 0.2) is 53.8 Å². The Kier molecular flexibility index (Phi) is 4.38. The molecule has 1 aliphatic heterocycles. The molecule has 0 saturated heterocycles. The van der Waals surface area contributed by atoms with Crippen LogP contribution in [0.2, 0.25) is 0 Å². The summed E-state index contributed by atoms with van der Waals surface area (Å²) in [7, 11) is 1.62. The number of aryl methyl sites for hydroxylation is 1. The van der Waals surface area contributed by atoms with Crippen LogP contribution in [0.5, 0.6) is 5.75 Å². The van der Waals surface area contributed by atoms with Crippen molar-refractivity contribution < 1.29 is 9.53 Å². The summed E-state index contributed by atoms with van der Waals surface area (Å²) < 4.78 is 7.10. The fraction of sp³-hybridized carbons (Fsp3) is 0.211. The number of pyridine rings is 1. The van der Waals surface area contributed by atoms with E-state index < -0.39 is 0 Å². The summed E-state index contributed by atoms with van der Waals surface area (Å²) in [5, 5.41) is 5.38. The van der Waals surface area contributed by atoms with Crippen molar-refractivity contribution in [1.82, 2.24) is 14.8 Å². The minimum absolute atomic E-state index is 0.120. The average molecular weight is 366 g/mol. The van der Waals surface area contributed by atoms with Gasteiger partial charge in [-0.3, -0.25) is 4.79 Å². The van der Waals surface area contributed by atoms with Crippen LogP contribution in [-0.2, 0) is 0 Å². The zero-order valence-corrected chi connectivity index (χ0v) is 15.4. The van der Waals surface area contributed by atoms with Gasteiger partial charge in [-0.25, -0.2) is 9.67 Å². The van der Waals surface area contributed by atoms with Gasteiger partial charge in [0.1, 0.15) is 16.5 Å². The van der Waals surface area contributed by atoms with Crippen LogP contribution in [0.1, 0.15) is 16.1 Å². The number of benzene rings is 1. The molecule has 26 heavy (non-hydrogen) atoms. The normalized spacial score (nSPS) is 13.4. The summed E-state index contributed by atoms with van der Waals surface area (Å²) in [5.74, 6) is 1.41. The molecular formula is C19H18N4O2S. The highest BCUT2D eigenvalue weighted by atomic mass is 32.2. The minimum Gasteiger partial charge on any atom is -0.494 e. The number of carbonyl (C=O) groups excluding carboxylic acids is 1. The molecule has 0 spiro atoms. The minimum atomic E-state index is -0.120. The highest BCUT2D eigenvalue weighted by Crippen LogP contribution is 2.33. The van der Waals surface area contributed by atoms with Gasteiger partial charge in [-0.15, -0.1) is 11.8 Å². The number of hydrogen-bond acceptors (Lipinski definition) is 5. The molecule has 0 bridgehead atoms. The van der Waals surface area contributed by atoms with Gasteiger partial charge in [0, 0.05) is 24.7 Å². The van der Waals surface area contributed by atoms with Crippen LogP contribution in [0.4, 0.5) is 5.69 Å². The number of carbonyl (C=O) groups is 1. The molecule has 0 unspecified atom stereocenters. The maximum Gasteiger partial charge on any atom is 0.278 e. The van der Waals surface area contributed by atoms with Crippen LogP contribution in [-0.4, -0.2) is 40.1 Å². The van der Waals surface area contributed by atoms with Gasteiger partial charge in [0.25, 0.3) is 5.91 Å². The van der Waals surface area contributed by atoms with Gasteiger partial charge in [-0.2, -0.15) is 5.10 Å². The van der Waals surface area contributed by atoms with Gasteiger partial charge < -0.3 is 9.64 Å². The molecule has 132 valence electrons. The van der Waals surface area contributed by atoms with Crippen molar-refractivity contribution in [2.45, 2.75) is 11.9 Å². The topological polar surface area (TPSA) is 60.2 Å². The van der Waals surface area contributed by atoms with Crippen molar-refractivity contribution in [1.29, 1.82) is 0 Å². The van der Waals surface area contributed by atoms with Gasteiger partial charge in [0.15, 0.2) is 5.69 Å². The number of hydrogen-bond donors (Lipinski definition) is 0. The lowest BCUT2D eigenvalue weighted by Gasteiger charge is -2.27. The zero-order valence-electron chi connectivity index (χ0n) is 14.5. The molecule has 1 aliphatic rings. The van der Waals surface area contributed by atoms with E-state index in [1.807, 2.05) is 37.3 Å². The smallest absolute Gasteiger partial charge is 0.278 e. The lowest BCUT2D eigenvalue weighted by molar-refractivity contribution is 0.0982. The van der Waals surface area contributed by atoms with Crippen molar-refractivity contribution in [2.75, 3.05) is 24.3 Å². The Morgan fingerprint density at radius 2 is 2.12 bits per heavy atom. The number of amides is 1. The van der Waals surface area contributed by atoms with Crippen molar-refractivity contribution in [3.05, 3.63) is 60.0 Å². The largest absolute Gasteiger partial charge is 0.494 e. The van der Waals surface area contributed by atoms with Crippen molar-refractivity contribution in [2.24, 2.45) is 0 Å². The van der Waals surface area contributed by atoms with Gasteiger partial charge in [-0.05, 0) is 42.8 Å². The summed E-state index contributed by atoms with van der Waals surface area (Å²) in [6, 6.07) is 11.4. The van der Waals surface area contributed by atoms with E-state index in [0.29, 0.717) is 18.0 Å². The van der Waals surface area contributed by atoms with Gasteiger partial charge in [-0.1, -0.05) is 6.07 Å². The van der Waals surface area contributed by atoms with E-state index in [9.17, 15) is 4.79 Å². The second-order valence-electron chi connectivity index (χ2n) is 5.95. The predicted octanol–water partition coefficient (Wildman–Crippen LogP) is 3.34. The molecule has 0 saturated carbocycles. The second kappa shape index (κ2) is 6.84. The van der Waals surface area contributed by atoms with Crippen LogP contribution in [0, 0.1) is 6.92 Å². The van der Waals surface area contributed by atoms with Crippen LogP contribution < -0.4 is 9.64 Å². The number of rotatable bonds is 3. The van der Waals surface area contributed by atoms with E-state index >= 15 is 0 Å². The number of thioether (sulfide) groups is 1. The van der Waals surface area contributed by atoms with Crippen molar-refractivity contribution in [3.63, 3.8) is 0 Å². The molecule has 1 amide bonds. The maximum absolute atomic E-state index is 13.0. The van der Waals surface area contributed by atoms with Crippen molar-refractivity contribution >= 4 is 23.4 Å². The third kappa shape index (κ3) is 2.94. The van der Waals surface area contributed by atoms with Crippen molar-refractivity contribution in [3.8, 4) is 11.4 Å². The Labute approximate surface area is 155 Å². The molecule has 6 nitrogen and oxygen atoms in total. The third-order valence-electron chi connectivity index (χ3n) is 4.23. The van der Waals surface area contributed by atoms with Gasteiger partial charge in [0.05, 0.1) is 12.8 Å². The van der Waals surface area contributed by atoms with Crippen LogP contribution >= 0.6 is 11.8 Å². The Morgan fingerprint density at radius 3 is 2.96 bits per heavy atom. The molecule has 0 radical (unpaired) electrons. The summed E-state index contributed by atoms with van der Waals surface area (Å²) in [6.07, 6.45) is 3.53. The highest BCUT2D eigenvalue weighted by molar-refractivity contribution is 7.99. The van der Waals surface area contributed by atoms with Crippen LogP contribution in [0.3, 0.4) is 0 Å². The first-order valence-electron chi connectivity index (χ1n) is 8.28. The first-order chi connectivity index (χ1) is 12.7. The molecule has 0 aliphatic carbocycles. The summed E-state index contributed by atoms with van der Waals surface area (Å²) in [6.45, 7) is 2.65. The lowest BCUT2D eigenvalue weighted by atomic mass is 10.2. The molecule has 0 atom stereocenters. The molecule has 3 aromatic rings. The van der Waals surface area contributed by atoms with Crippen LogP contribution in [0.25, 0.3) is 5.69 Å². The molecule has 4 rings (SSSR count). The number of methoxy groups -OCH3 is 1. The molecule has 0 fully saturated rings. The van der Waals surface area contributed by atoms with Gasteiger partial charge in [0.2, 0.25) is 0 Å². The van der Waals surface area contributed by atoms with E-state index in [2.05, 4.69) is 10.1 Å². The average Bonchev–Trinajstić information content (AvgIpc) is 3.17. The summed E-state index contributed by atoms with van der Waals surface area (Å²) in [5.41, 5.74) is 3.15. The quantitative estimate of drug-likeness (QED) is 0.711.